The van der Waals surface area contributed by atoms with E-state index in [2.05, 4.69) is 15.0 Å². The lowest BCUT2D eigenvalue weighted by Crippen LogP contribution is -2.34. The molecule has 0 aliphatic carbocycles. The summed E-state index contributed by atoms with van der Waals surface area (Å²) in [5.74, 6) is -1.20. The zero-order valence-corrected chi connectivity index (χ0v) is 13.7. The molecule has 1 aliphatic rings. The van der Waals surface area contributed by atoms with E-state index in [1.807, 2.05) is 12.1 Å². The van der Waals surface area contributed by atoms with Gasteiger partial charge in [-0.25, -0.2) is 14.0 Å². The summed E-state index contributed by atoms with van der Waals surface area (Å²) in [5.41, 5.74) is 1.12. The van der Waals surface area contributed by atoms with Gasteiger partial charge in [0.1, 0.15) is 5.82 Å². The van der Waals surface area contributed by atoms with Crippen molar-refractivity contribution in [1.29, 1.82) is 0 Å². The maximum atomic E-state index is 14.0. The summed E-state index contributed by atoms with van der Waals surface area (Å²) in [6.45, 7) is 0.580. The van der Waals surface area contributed by atoms with Crippen molar-refractivity contribution < 1.29 is 18.7 Å². The first-order valence-corrected chi connectivity index (χ1v) is 7.95. The highest BCUT2D eigenvalue weighted by atomic mass is 19.1. The molecule has 1 N–H and O–H groups in total. The van der Waals surface area contributed by atoms with Crippen LogP contribution in [0.4, 0.5) is 14.9 Å². The molecule has 1 fully saturated rings. The number of carbonyl (C=O) groups excluding carboxylic acids is 2. The standard InChI is InChI=1S/C18H18FN3O3/c1-25-17(23)13-4-5-14(19)15(11-13)21-18(24)22-10-2-3-16(22)12-6-8-20-9-7-12/h4-9,11,16H,2-3,10H2,1H3,(H,21,24). The molecule has 25 heavy (non-hydrogen) atoms. The van der Waals surface area contributed by atoms with Crippen LogP contribution in [0.2, 0.25) is 0 Å². The third kappa shape index (κ3) is 3.60. The van der Waals surface area contributed by atoms with Gasteiger partial charge in [0.25, 0.3) is 0 Å². The lowest BCUT2D eigenvalue weighted by atomic mass is 10.1. The number of anilines is 1. The molecule has 1 atom stereocenters. The fourth-order valence-corrected chi connectivity index (χ4v) is 2.99. The van der Waals surface area contributed by atoms with Crippen LogP contribution in [0.25, 0.3) is 0 Å². The van der Waals surface area contributed by atoms with Crippen molar-refractivity contribution in [3.63, 3.8) is 0 Å². The van der Waals surface area contributed by atoms with Crippen LogP contribution in [0.15, 0.2) is 42.7 Å². The normalized spacial score (nSPS) is 16.6. The fraction of sp³-hybridized carbons (Fsp3) is 0.278. The molecule has 0 spiro atoms. The van der Waals surface area contributed by atoms with Gasteiger partial charge < -0.3 is 15.0 Å². The van der Waals surface area contributed by atoms with Crippen LogP contribution in [0, 0.1) is 5.82 Å². The first-order chi connectivity index (χ1) is 12.1. The highest BCUT2D eigenvalue weighted by Crippen LogP contribution is 2.32. The number of pyridine rings is 1. The average Bonchev–Trinajstić information content (AvgIpc) is 3.13. The Hall–Kier alpha value is -2.96. The van der Waals surface area contributed by atoms with Gasteiger partial charge in [0.05, 0.1) is 24.4 Å². The number of amides is 2. The van der Waals surface area contributed by atoms with Crippen LogP contribution in [0.1, 0.15) is 34.8 Å². The second kappa shape index (κ2) is 7.29. The zero-order valence-electron chi connectivity index (χ0n) is 13.7. The molecule has 2 amide bonds. The Morgan fingerprint density at radius 2 is 2.04 bits per heavy atom. The van der Waals surface area contributed by atoms with Gasteiger partial charge in [-0.3, -0.25) is 4.98 Å². The van der Waals surface area contributed by atoms with E-state index in [-0.39, 0.29) is 17.3 Å². The number of benzene rings is 1. The number of esters is 1. The molecule has 1 aromatic carbocycles. The maximum Gasteiger partial charge on any atom is 0.337 e. The van der Waals surface area contributed by atoms with Crippen molar-refractivity contribution in [3.8, 4) is 0 Å². The highest BCUT2D eigenvalue weighted by molar-refractivity contribution is 5.94. The van der Waals surface area contributed by atoms with Crippen LogP contribution in [-0.4, -0.2) is 35.5 Å². The molecule has 0 radical (unpaired) electrons. The lowest BCUT2D eigenvalue weighted by molar-refractivity contribution is 0.0600. The number of hydrogen-bond donors (Lipinski definition) is 1. The van der Waals surface area contributed by atoms with Gasteiger partial charge in [0.2, 0.25) is 0 Å². The number of aromatic nitrogens is 1. The highest BCUT2D eigenvalue weighted by Gasteiger charge is 2.30. The van der Waals surface area contributed by atoms with Crippen LogP contribution in [-0.2, 0) is 4.74 Å². The molecule has 1 saturated heterocycles. The molecule has 0 saturated carbocycles. The number of halogens is 1. The summed E-state index contributed by atoms with van der Waals surface area (Å²) in [7, 11) is 1.24. The Morgan fingerprint density at radius 1 is 1.28 bits per heavy atom. The van der Waals surface area contributed by atoms with E-state index in [0.29, 0.717) is 6.54 Å². The van der Waals surface area contributed by atoms with Crippen molar-refractivity contribution in [2.75, 3.05) is 19.0 Å². The molecule has 3 rings (SSSR count). The topological polar surface area (TPSA) is 71.5 Å². The maximum absolute atomic E-state index is 14.0. The molecule has 1 aromatic heterocycles. The van der Waals surface area contributed by atoms with Crippen molar-refractivity contribution in [2.24, 2.45) is 0 Å². The summed E-state index contributed by atoms with van der Waals surface area (Å²) >= 11 is 0. The number of rotatable bonds is 3. The number of hydrogen-bond acceptors (Lipinski definition) is 4. The molecule has 1 unspecified atom stereocenters. The second-order valence-electron chi connectivity index (χ2n) is 5.75. The van der Waals surface area contributed by atoms with E-state index in [4.69, 9.17) is 0 Å². The minimum absolute atomic E-state index is 0.0479. The molecule has 7 heteroatoms. The molecule has 0 bridgehead atoms. The molecule has 6 nitrogen and oxygen atoms in total. The molecule has 130 valence electrons. The Bertz CT molecular complexity index is 782. The lowest BCUT2D eigenvalue weighted by Gasteiger charge is -2.25. The zero-order chi connectivity index (χ0) is 17.8. The summed E-state index contributed by atoms with van der Waals surface area (Å²) < 4.78 is 18.6. The van der Waals surface area contributed by atoms with Crippen molar-refractivity contribution >= 4 is 17.7 Å². The van der Waals surface area contributed by atoms with Gasteiger partial charge in [-0.2, -0.15) is 0 Å². The summed E-state index contributed by atoms with van der Waals surface area (Å²) in [5, 5.41) is 2.56. The van der Waals surface area contributed by atoms with E-state index < -0.39 is 17.8 Å². The third-order valence-electron chi connectivity index (χ3n) is 4.23. The molecule has 2 aromatic rings. The Morgan fingerprint density at radius 3 is 2.76 bits per heavy atom. The van der Waals surface area contributed by atoms with Gasteiger partial charge in [-0.05, 0) is 48.7 Å². The molecule has 1 aliphatic heterocycles. The van der Waals surface area contributed by atoms with Crippen molar-refractivity contribution in [3.05, 3.63) is 59.7 Å². The number of methoxy groups -OCH3 is 1. The number of carbonyl (C=O) groups is 2. The predicted octanol–water partition coefficient (Wildman–Crippen LogP) is 3.38. The van der Waals surface area contributed by atoms with E-state index >= 15 is 0 Å². The Balaban J connectivity index is 1.79. The van der Waals surface area contributed by atoms with Gasteiger partial charge in [-0.1, -0.05) is 0 Å². The number of likely N-dealkylation sites (tertiary alicyclic amines) is 1. The monoisotopic (exact) mass is 343 g/mol. The minimum Gasteiger partial charge on any atom is -0.465 e. The Kier molecular flexibility index (Phi) is 4.92. The van der Waals surface area contributed by atoms with E-state index in [9.17, 15) is 14.0 Å². The van der Waals surface area contributed by atoms with E-state index in [1.165, 1.54) is 19.2 Å². The summed E-state index contributed by atoms with van der Waals surface area (Å²) in [6, 6.07) is 6.98. The average molecular weight is 343 g/mol. The second-order valence-corrected chi connectivity index (χ2v) is 5.75. The molecule has 2 heterocycles. The third-order valence-corrected chi connectivity index (χ3v) is 4.23. The van der Waals surface area contributed by atoms with Gasteiger partial charge in [0.15, 0.2) is 0 Å². The first kappa shape index (κ1) is 16.9. The van der Waals surface area contributed by atoms with Crippen molar-refractivity contribution in [1.82, 2.24) is 9.88 Å². The van der Waals surface area contributed by atoms with Crippen LogP contribution in [0.3, 0.4) is 0 Å². The molecular formula is C18H18FN3O3. The predicted molar refractivity (Wildman–Crippen MR) is 89.7 cm³/mol. The number of nitrogens with one attached hydrogen (secondary N) is 1. The number of urea groups is 1. The summed E-state index contributed by atoms with van der Waals surface area (Å²) in [4.78, 5) is 29.9. The van der Waals surface area contributed by atoms with E-state index in [1.54, 1.807) is 17.3 Å². The quantitative estimate of drug-likeness (QED) is 0.867. The largest absolute Gasteiger partial charge is 0.465 e. The van der Waals surface area contributed by atoms with Gasteiger partial charge in [-0.15, -0.1) is 0 Å². The number of nitrogens with zero attached hydrogens (tertiary/aromatic N) is 2. The fourth-order valence-electron chi connectivity index (χ4n) is 2.99. The summed E-state index contributed by atoms with van der Waals surface area (Å²) in [6.07, 6.45) is 5.07. The first-order valence-electron chi connectivity index (χ1n) is 7.95. The van der Waals surface area contributed by atoms with Gasteiger partial charge >= 0.3 is 12.0 Å². The van der Waals surface area contributed by atoms with E-state index in [0.717, 1.165) is 24.5 Å². The van der Waals surface area contributed by atoms with Crippen LogP contribution < -0.4 is 5.32 Å². The minimum atomic E-state index is -0.610. The van der Waals surface area contributed by atoms with Crippen molar-refractivity contribution in [2.45, 2.75) is 18.9 Å². The number of ether oxygens (including phenoxy) is 1. The van der Waals surface area contributed by atoms with Gasteiger partial charge in [0, 0.05) is 18.9 Å². The smallest absolute Gasteiger partial charge is 0.337 e. The molecular weight excluding hydrogens is 325 g/mol. The SMILES string of the molecule is COC(=O)c1ccc(F)c(NC(=O)N2CCCC2c2ccncc2)c1. The van der Waals surface area contributed by atoms with Crippen LogP contribution in [0.5, 0.6) is 0 Å². The van der Waals surface area contributed by atoms with Crippen LogP contribution >= 0.6 is 0 Å². The Labute approximate surface area is 144 Å².